The van der Waals surface area contributed by atoms with E-state index in [1.807, 2.05) is 36.5 Å². The molecule has 7 heteroatoms. The van der Waals surface area contributed by atoms with Crippen LogP contribution in [0.2, 0.25) is 5.02 Å². The number of para-hydroxylation sites is 2. The number of fused-ring (bicyclic) bond motifs is 2. The molecule has 2 aromatic carbocycles. The fourth-order valence-corrected chi connectivity index (χ4v) is 5.58. The van der Waals surface area contributed by atoms with Crippen LogP contribution < -0.4 is 10.7 Å². The predicted octanol–water partition coefficient (Wildman–Crippen LogP) is 6.94. The van der Waals surface area contributed by atoms with Crippen LogP contribution in [0.1, 0.15) is 26.7 Å². The molecule has 6 nitrogen and oxygen atoms in total. The van der Waals surface area contributed by atoms with Crippen molar-refractivity contribution in [1.82, 2.24) is 19.4 Å². The lowest BCUT2D eigenvalue weighted by molar-refractivity contribution is 0.192. The number of halogens is 1. The molecule has 0 spiro atoms. The third-order valence-corrected chi connectivity index (χ3v) is 7.48. The van der Waals surface area contributed by atoms with Crippen molar-refractivity contribution in [3.63, 3.8) is 0 Å². The van der Waals surface area contributed by atoms with Crippen molar-refractivity contribution in [3.8, 4) is 17.1 Å². The van der Waals surface area contributed by atoms with Crippen molar-refractivity contribution in [2.24, 2.45) is 10.9 Å². The van der Waals surface area contributed by atoms with Gasteiger partial charge in [0.1, 0.15) is 0 Å². The van der Waals surface area contributed by atoms with Gasteiger partial charge in [-0.2, -0.15) is 0 Å². The summed E-state index contributed by atoms with van der Waals surface area (Å²) in [4.78, 5) is 17.3. The van der Waals surface area contributed by atoms with E-state index in [2.05, 4.69) is 76.1 Å². The number of likely N-dealkylation sites (tertiary alicyclic amines) is 1. The quantitative estimate of drug-likeness (QED) is 0.239. The number of anilines is 2. The number of nitrogens with one attached hydrogen (secondary N) is 1. The first-order valence-electron chi connectivity index (χ1n) is 13.7. The molecule has 1 aromatic heterocycles. The standard InChI is InChI=1S/C32H33ClN6/c1-22(2)21-38-16-13-24(14-17-38)35-29-19-32-30(18-28(29)36-25-6-5-15-34-20-25)37-27-7-3-4-8-31(27)39(32)26-11-9-23(33)10-12-26/h3-12,15,18-20,22,24,36H,13-14,16-17,21H2,1-2H3/b35-29+. The maximum Gasteiger partial charge on any atom is 0.0900 e. The summed E-state index contributed by atoms with van der Waals surface area (Å²) in [5, 5.41) is 5.22. The fourth-order valence-electron chi connectivity index (χ4n) is 5.45. The monoisotopic (exact) mass is 536 g/mol. The van der Waals surface area contributed by atoms with E-state index < -0.39 is 0 Å². The molecule has 0 amide bonds. The number of hydrogen-bond acceptors (Lipinski definition) is 5. The Morgan fingerprint density at radius 3 is 2.54 bits per heavy atom. The van der Waals surface area contributed by atoms with E-state index in [0.29, 0.717) is 10.9 Å². The van der Waals surface area contributed by atoms with Crippen LogP contribution in [0.25, 0.3) is 28.1 Å². The molecule has 1 fully saturated rings. The summed E-state index contributed by atoms with van der Waals surface area (Å²) in [6.07, 6.45) is 5.74. The first-order valence-corrected chi connectivity index (χ1v) is 14.1. The van der Waals surface area contributed by atoms with Gasteiger partial charge in [-0.3, -0.25) is 9.98 Å². The number of pyridine rings is 1. The fraction of sp³-hybridized carbons (Fsp3) is 0.281. The molecule has 2 aliphatic heterocycles. The number of nitrogens with zero attached hydrogens (tertiary/aromatic N) is 5. The molecule has 1 N–H and O–H groups in total. The van der Waals surface area contributed by atoms with Gasteiger partial charge in [0, 0.05) is 36.5 Å². The Bertz CT molecular complexity index is 1600. The highest BCUT2D eigenvalue weighted by atomic mass is 35.5. The average Bonchev–Trinajstić information content (AvgIpc) is 2.94. The maximum atomic E-state index is 6.25. The van der Waals surface area contributed by atoms with Crippen LogP contribution in [-0.2, 0) is 0 Å². The Morgan fingerprint density at radius 1 is 1.00 bits per heavy atom. The van der Waals surface area contributed by atoms with Gasteiger partial charge in [0.15, 0.2) is 0 Å². The lowest BCUT2D eigenvalue weighted by Gasteiger charge is -2.31. The third kappa shape index (κ3) is 5.68. The highest BCUT2D eigenvalue weighted by Gasteiger charge is 2.21. The zero-order valence-electron chi connectivity index (χ0n) is 22.4. The summed E-state index contributed by atoms with van der Waals surface area (Å²) in [5.74, 6) is 0.680. The van der Waals surface area contributed by atoms with E-state index >= 15 is 0 Å². The molecule has 3 aliphatic rings. The molecule has 6 rings (SSSR count). The second-order valence-corrected chi connectivity index (χ2v) is 11.1. The molecule has 39 heavy (non-hydrogen) atoms. The van der Waals surface area contributed by atoms with Crippen LogP contribution in [0.5, 0.6) is 0 Å². The summed E-state index contributed by atoms with van der Waals surface area (Å²) in [7, 11) is 0. The Balaban J connectivity index is 1.51. The highest BCUT2D eigenvalue weighted by Crippen LogP contribution is 2.31. The summed E-state index contributed by atoms with van der Waals surface area (Å²) < 4.78 is 2.26. The van der Waals surface area contributed by atoms with Gasteiger partial charge in [-0.25, -0.2) is 4.98 Å². The number of aromatic nitrogens is 3. The third-order valence-electron chi connectivity index (χ3n) is 7.22. The number of benzene rings is 3. The zero-order chi connectivity index (χ0) is 26.8. The van der Waals surface area contributed by atoms with Crippen LogP contribution in [0.3, 0.4) is 0 Å². The van der Waals surface area contributed by atoms with E-state index in [9.17, 15) is 0 Å². The van der Waals surface area contributed by atoms with Crippen molar-refractivity contribution in [3.05, 3.63) is 95.6 Å². The summed E-state index contributed by atoms with van der Waals surface area (Å²) in [6.45, 7) is 7.89. The van der Waals surface area contributed by atoms with Gasteiger partial charge in [0.05, 0.1) is 51.4 Å². The second kappa shape index (κ2) is 11.2. The molecule has 0 atom stereocenters. The van der Waals surface area contributed by atoms with Crippen LogP contribution >= 0.6 is 11.6 Å². The van der Waals surface area contributed by atoms with Crippen molar-refractivity contribution >= 4 is 34.0 Å². The first-order chi connectivity index (χ1) is 19.0. The van der Waals surface area contributed by atoms with Gasteiger partial charge >= 0.3 is 0 Å². The zero-order valence-corrected chi connectivity index (χ0v) is 23.1. The molecule has 198 valence electrons. The molecule has 3 heterocycles. The van der Waals surface area contributed by atoms with Crippen molar-refractivity contribution in [2.75, 3.05) is 25.0 Å². The Kier molecular flexibility index (Phi) is 7.31. The molecule has 0 saturated carbocycles. The van der Waals surface area contributed by atoms with Crippen LogP contribution in [-0.4, -0.2) is 45.1 Å². The topological polar surface area (TPSA) is 58.3 Å². The average molecular weight is 537 g/mol. The number of hydrogen-bond donors (Lipinski definition) is 1. The van der Waals surface area contributed by atoms with Crippen LogP contribution in [0.15, 0.2) is 90.2 Å². The molecular weight excluding hydrogens is 504 g/mol. The van der Waals surface area contributed by atoms with E-state index in [1.54, 1.807) is 6.20 Å². The minimum atomic E-state index is 0.276. The van der Waals surface area contributed by atoms with E-state index in [1.165, 1.54) is 0 Å². The first kappa shape index (κ1) is 25.5. The summed E-state index contributed by atoms with van der Waals surface area (Å²) >= 11 is 6.25. The van der Waals surface area contributed by atoms with E-state index in [-0.39, 0.29) is 6.04 Å². The van der Waals surface area contributed by atoms with Crippen molar-refractivity contribution < 1.29 is 0 Å². The largest absolute Gasteiger partial charge is 0.352 e. The molecule has 0 radical (unpaired) electrons. The van der Waals surface area contributed by atoms with Crippen molar-refractivity contribution in [2.45, 2.75) is 32.7 Å². The van der Waals surface area contributed by atoms with Gasteiger partial charge < -0.3 is 14.8 Å². The summed E-state index contributed by atoms with van der Waals surface area (Å²) in [6, 6.07) is 24.7. The molecule has 0 bridgehead atoms. The lowest BCUT2D eigenvalue weighted by atomic mass is 10.0. The highest BCUT2D eigenvalue weighted by molar-refractivity contribution is 6.30. The lowest BCUT2D eigenvalue weighted by Crippen LogP contribution is -2.38. The molecule has 3 aromatic rings. The Morgan fingerprint density at radius 2 is 1.79 bits per heavy atom. The molecular formula is C32H33ClN6. The van der Waals surface area contributed by atoms with Crippen LogP contribution in [0, 0.1) is 5.92 Å². The SMILES string of the molecule is CC(C)CN1CCC(/N=c2\cc3n(-c4ccc(Cl)cc4)c4ccccc4nc-3cc2Nc2cccnc2)CC1. The van der Waals surface area contributed by atoms with Gasteiger partial charge in [0.2, 0.25) is 0 Å². The summed E-state index contributed by atoms with van der Waals surface area (Å²) in [5.41, 5.74) is 6.74. The Hall–Kier alpha value is -3.74. The van der Waals surface area contributed by atoms with Gasteiger partial charge in [0.25, 0.3) is 0 Å². The second-order valence-electron chi connectivity index (χ2n) is 10.7. The number of piperidine rings is 1. The molecule has 1 aliphatic carbocycles. The van der Waals surface area contributed by atoms with Gasteiger partial charge in [-0.05, 0) is 79.4 Å². The maximum absolute atomic E-state index is 6.25. The van der Waals surface area contributed by atoms with Gasteiger partial charge in [-0.15, -0.1) is 0 Å². The normalized spacial score (nSPS) is 15.4. The predicted molar refractivity (Wildman–Crippen MR) is 160 cm³/mol. The van der Waals surface area contributed by atoms with E-state index in [4.69, 9.17) is 21.6 Å². The Labute approximate surface area is 234 Å². The van der Waals surface area contributed by atoms with Gasteiger partial charge in [-0.1, -0.05) is 37.6 Å². The minimum Gasteiger partial charge on any atom is -0.352 e. The number of rotatable bonds is 6. The minimum absolute atomic E-state index is 0.276. The van der Waals surface area contributed by atoms with Crippen molar-refractivity contribution in [1.29, 1.82) is 0 Å². The molecule has 0 unspecified atom stereocenters. The smallest absolute Gasteiger partial charge is 0.0900 e. The molecule has 1 saturated heterocycles. The van der Waals surface area contributed by atoms with Crippen LogP contribution in [0.4, 0.5) is 11.4 Å². The van der Waals surface area contributed by atoms with E-state index in [0.717, 1.165) is 77.3 Å².